The highest BCUT2D eigenvalue weighted by Gasteiger charge is 2.51. The third-order valence-electron chi connectivity index (χ3n) is 10.4. The molecule has 230 valence electrons. The van der Waals surface area contributed by atoms with Crippen molar-refractivity contribution in [3.63, 3.8) is 0 Å². The second kappa shape index (κ2) is 10.7. The number of carbonyl (C=O) groups is 1. The summed E-state index contributed by atoms with van der Waals surface area (Å²) in [5, 5.41) is 3.36. The first kappa shape index (κ1) is 28.5. The van der Waals surface area contributed by atoms with Crippen molar-refractivity contribution in [2.45, 2.75) is 94.0 Å². The lowest BCUT2D eigenvalue weighted by molar-refractivity contribution is -0.0167. The van der Waals surface area contributed by atoms with Crippen LogP contribution in [0.2, 0.25) is 0 Å². The van der Waals surface area contributed by atoms with Crippen LogP contribution in [0.4, 0.5) is 0 Å². The summed E-state index contributed by atoms with van der Waals surface area (Å²) in [7, 11) is -3.00. The predicted molar refractivity (Wildman–Crippen MR) is 163 cm³/mol. The molecular formula is C33H41N3O6S. The van der Waals surface area contributed by atoms with Gasteiger partial charge in [-0.3, -0.25) is 9.36 Å². The van der Waals surface area contributed by atoms with Crippen LogP contribution in [0.5, 0.6) is 11.5 Å². The average Bonchev–Trinajstić information content (AvgIpc) is 3.28. The van der Waals surface area contributed by atoms with E-state index < -0.39 is 15.7 Å². The molecule has 0 unspecified atom stereocenters. The Morgan fingerprint density at radius 2 is 1.63 bits per heavy atom. The van der Waals surface area contributed by atoms with Crippen LogP contribution >= 0.6 is 0 Å². The van der Waals surface area contributed by atoms with Crippen molar-refractivity contribution >= 4 is 27.0 Å². The Labute approximate surface area is 252 Å². The van der Waals surface area contributed by atoms with Crippen LogP contribution in [-0.2, 0) is 10.0 Å². The molecule has 0 spiro atoms. The Balaban J connectivity index is 1.25. The number of methoxy groups -OCH3 is 1. The standard InChI is InChI=1S/C33H41N3O6S/c1-3-42-26-10-11-27-28(17-26)35(25-7-5-4-6-8-25)32(38)36(27)43(39,40)30-12-9-24(16-29(30)41-2)31(37)34-33-18-21-13-22(19-33)15-23(14-21)20-33/h9-12,16-17,21-23,25H,3-8,13-15,18-20H2,1-2H3,(H,34,37). The van der Waals surface area contributed by atoms with Gasteiger partial charge in [-0.2, -0.15) is 3.97 Å². The molecule has 0 atom stereocenters. The Hall–Kier alpha value is -3.27. The minimum absolute atomic E-state index is 0.0366. The van der Waals surface area contributed by atoms with Crippen LogP contribution in [-0.4, -0.2) is 42.1 Å². The van der Waals surface area contributed by atoms with E-state index in [1.54, 1.807) is 22.8 Å². The molecule has 5 aliphatic rings. The predicted octanol–water partition coefficient (Wildman–Crippen LogP) is 5.65. The number of aromatic nitrogens is 2. The van der Waals surface area contributed by atoms with Gasteiger partial charge in [0.25, 0.3) is 15.9 Å². The van der Waals surface area contributed by atoms with Crippen molar-refractivity contribution in [2.24, 2.45) is 17.8 Å². The zero-order chi connectivity index (χ0) is 29.9. The summed E-state index contributed by atoms with van der Waals surface area (Å²) < 4.78 is 42.3. The molecule has 0 radical (unpaired) electrons. The highest BCUT2D eigenvalue weighted by atomic mass is 32.2. The van der Waals surface area contributed by atoms with E-state index in [0.29, 0.717) is 46.7 Å². The van der Waals surface area contributed by atoms with Gasteiger partial charge in [0.1, 0.15) is 16.4 Å². The lowest BCUT2D eigenvalue weighted by Crippen LogP contribution is -2.59. The molecular weight excluding hydrogens is 566 g/mol. The Morgan fingerprint density at radius 3 is 2.26 bits per heavy atom. The molecule has 1 N–H and O–H groups in total. The van der Waals surface area contributed by atoms with Gasteiger partial charge < -0.3 is 14.8 Å². The summed E-state index contributed by atoms with van der Waals surface area (Å²) in [6, 6.07) is 9.42. The third-order valence-corrected chi connectivity index (χ3v) is 12.1. The number of ether oxygens (including phenoxy) is 2. The highest BCUT2D eigenvalue weighted by Crippen LogP contribution is 2.55. The van der Waals surface area contributed by atoms with Crippen LogP contribution in [0.1, 0.15) is 94.0 Å². The highest BCUT2D eigenvalue weighted by molar-refractivity contribution is 7.90. The summed E-state index contributed by atoms with van der Waals surface area (Å²) >= 11 is 0. The number of benzene rings is 2. The Morgan fingerprint density at radius 1 is 0.953 bits per heavy atom. The number of nitrogens with one attached hydrogen (secondary N) is 1. The molecule has 2 aromatic carbocycles. The fourth-order valence-corrected chi connectivity index (χ4v) is 10.6. The van der Waals surface area contributed by atoms with E-state index >= 15 is 0 Å². The monoisotopic (exact) mass is 607 g/mol. The second-order valence-electron chi connectivity index (χ2n) is 13.3. The lowest BCUT2D eigenvalue weighted by atomic mass is 9.53. The van der Waals surface area contributed by atoms with Crippen LogP contribution in [0.3, 0.4) is 0 Å². The van der Waals surface area contributed by atoms with Crippen LogP contribution in [0.15, 0.2) is 46.1 Å². The van der Waals surface area contributed by atoms with Crippen molar-refractivity contribution in [3.8, 4) is 11.5 Å². The van der Waals surface area contributed by atoms with Gasteiger partial charge in [0.05, 0.1) is 24.8 Å². The quantitative estimate of drug-likeness (QED) is 0.355. The van der Waals surface area contributed by atoms with Crippen LogP contribution < -0.4 is 20.5 Å². The number of hydrogen-bond acceptors (Lipinski definition) is 6. The minimum atomic E-state index is -4.38. The maximum atomic E-state index is 14.3. The molecule has 3 aromatic rings. The van der Waals surface area contributed by atoms with Crippen molar-refractivity contribution in [3.05, 3.63) is 52.4 Å². The number of amides is 1. The fourth-order valence-electron chi connectivity index (χ4n) is 9.05. The van der Waals surface area contributed by atoms with E-state index in [2.05, 4.69) is 5.32 Å². The molecule has 8 rings (SSSR count). The smallest absolute Gasteiger partial charge is 0.343 e. The molecule has 1 aromatic heterocycles. The van der Waals surface area contributed by atoms with Crippen molar-refractivity contribution < 1.29 is 22.7 Å². The molecule has 5 fully saturated rings. The van der Waals surface area contributed by atoms with Gasteiger partial charge >= 0.3 is 5.69 Å². The summed E-state index contributed by atoms with van der Waals surface area (Å²) in [6.45, 7) is 2.34. The number of nitrogens with zero attached hydrogens (tertiary/aromatic N) is 2. The molecule has 1 heterocycles. The van der Waals surface area contributed by atoms with Crippen molar-refractivity contribution in [1.82, 2.24) is 13.9 Å². The minimum Gasteiger partial charge on any atom is -0.495 e. The largest absolute Gasteiger partial charge is 0.495 e. The van der Waals surface area contributed by atoms with E-state index in [4.69, 9.17) is 9.47 Å². The average molecular weight is 608 g/mol. The molecule has 5 aliphatic carbocycles. The van der Waals surface area contributed by atoms with Gasteiger partial charge in [0.2, 0.25) is 0 Å². The summed E-state index contributed by atoms with van der Waals surface area (Å²) in [6.07, 6.45) is 11.6. The zero-order valence-electron chi connectivity index (χ0n) is 25.0. The van der Waals surface area contributed by atoms with E-state index in [0.717, 1.165) is 55.3 Å². The lowest BCUT2D eigenvalue weighted by Gasteiger charge is -2.56. The maximum Gasteiger partial charge on any atom is 0.343 e. The molecule has 5 saturated carbocycles. The number of imidazole rings is 1. The van der Waals surface area contributed by atoms with E-state index in [1.807, 2.05) is 6.92 Å². The molecule has 10 heteroatoms. The number of hydrogen-bond donors (Lipinski definition) is 1. The second-order valence-corrected chi connectivity index (χ2v) is 15.1. The Kier molecular flexibility index (Phi) is 7.10. The Bertz CT molecular complexity index is 1700. The van der Waals surface area contributed by atoms with Gasteiger partial charge in [-0.05, 0) is 106 Å². The van der Waals surface area contributed by atoms with Crippen LogP contribution in [0.25, 0.3) is 11.0 Å². The normalized spacial score (nSPS) is 27.0. The van der Waals surface area contributed by atoms with E-state index in [9.17, 15) is 18.0 Å². The van der Waals surface area contributed by atoms with E-state index in [-0.39, 0.29) is 28.1 Å². The number of fused-ring (bicyclic) bond motifs is 1. The van der Waals surface area contributed by atoms with E-state index in [1.165, 1.54) is 44.6 Å². The fraction of sp³-hybridized carbons (Fsp3) is 0.576. The first-order valence-electron chi connectivity index (χ1n) is 15.9. The molecule has 9 nitrogen and oxygen atoms in total. The van der Waals surface area contributed by atoms with Gasteiger partial charge in [0, 0.05) is 23.2 Å². The SMILES string of the molecule is CCOc1ccc2c(c1)n(C1CCCCC1)c(=O)n2S(=O)(=O)c1ccc(C(=O)NC23CC4CC(CC(C4)C2)C3)cc1OC. The third kappa shape index (κ3) is 4.86. The van der Waals surface area contributed by atoms with Crippen LogP contribution in [0, 0.1) is 17.8 Å². The maximum absolute atomic E-state index is 14.3. The first-order chi connectivity index (χ1) is 20.7. The van der Waals surface area contributed by atoms with Gasteiger partial charge in [-0.1, -0.05) is 19.3 Å². The molecule has 43 heavy (non-hydrogen) atoms. The number of carbonyl (C=O) groups excluding carboxylic acids is 1. The summed E-state index contributed by atoms with van der Waals surface area (Å²) in [4.78, 5) is 27.4. The molecule has 0 saturated heterocycles. The van der Waals surface area contributed by atoms with Crippen molar-refractivity contribution in [2.75, 3.05) is 13.7 Å². The topological polar surface area (TPSA) is 109 Å². The molecule has 4 bridgehead atoms. The molecule has 0 aliphatic heterocycles. The molecule has 1 amide bonds. The summed E-state index contributed by atoms with van der Waals surface area (Å²) in [5.41, 5.74) is 0.422. The van der Waals surface area contributed by atoms with Gasteiger partial charge in [-0.25, -0.2) is 13.2 Å². The zero-order valence-corrected chi connectivity index (χ0v) is 25.8. The van der Waals surface area contributed by atoms with Gasteiger partial charge in [-0.15, -0.1) is 0 Å². The van der Waals surface area contributed by atoms with Crippen molar-refractivity contribution in [1.29, 1.82) is 0 Å². The first-order valence-corrected chi connectivity index (χ1v) is 17.3. The number of rotatable bonds is 8. The summed E-state index contributed by atoms with van der Waals surface area (Å²) in [5.74, 6) is 2.47. The van der Waals surface area contributed by atoms with Gasteiger partial charge in [0.15, 0.2) is 0 Å².